The molecule has 0 spiro atoms. The van der Waals surface area contributed by atoms with Gasteiger partial charge in [-0.3, -0.25) is 0 Å². The highest BCUT2D eigenvalue weighted by molar-refractivity contribution is 5.45. The fourth-order valence-corrected chi connectivity index (χ4v) is 2.02. The van der Waals surface area contributed by atoms with Crippen molar-refractivity contribution in [2.75, 3.05) is 11.9 Å². The van der Waals surface area contributed by atoms with Gasteiger partial charge >= 0.3 is 0 Å². The number of fused-ring (bicyclic) bond motifs is 1. The van der Waals surface area contributed by atoms with Crippen LogP contribution in [0.5, 0.6) is 0 Å². The minimum atomic E-state index is -2.72. The van der Waals surface area contributed by atoms with E-state index in [1.807, 2.05) is 19.1 Å². The quantitative estimate of drug-likeness (QED) is 0.740. The van der Waals surface area contributed by atoms with E-state index < -0.39 is 12.2 Å². The molecule has 6 nitrogen and oxygen atoms in total. The Labute approximate surface area is 119 Å². The summed E-state index contributed by atoms with van der Waals surface area (Å²) in [6, 6.07) is 7.04. The highest BCUT2D eigenvalue weighted by Crippen LogP contribution is 2.19. The molecule has 0 saturated carbocycles. The molecule has 3 rings (SSSR count). The number of aromatic nitrogens is 4. The lowest BCUT2D eigenvalue weighted by atomic mass is 10.4. The second-order valence-corrected chi connectivity index (χ2v) is 4.69. The van der Waals surface area contributed by atoms with Crippen LogP contribution < -0.4 is 4.90 Å². The first kappa shape index (κ1) is 13.5. The number of rotatable bonds is 4. The van der Waals surface area contributed by atoms with E-state index in [2.05, 4.69) is 15.3 Å². The summed E-state index contributed by atoms with van der Waals surface area (Å²) in [7, 11) is 1.80. The van der Waals surface area contributed by atoms with Crippen molar-refractivity contribution in [1.29, 1.82) is 0 Å². The predicted octanol–water partition coefficient (Wildman–Crippen LogP) is 2.60. The molecule has 0 aliphatic rings. The number of hydrogen-bond acceptors (Lipinski definition) is 5. The molecule has 110 valence electrons. The number of aryl methyl sites for hydroxylation is 1. The Hall–Kier alpha value is -2.51. The van der Waals surface area contributed by atoms with Crippen LogP contribution in [0.1, 0.15) is 23.8 Å². The minimum Gasteiger partial charge on any atom is -0.464 e. The van der Waals surface area contributed by atoms with E-state index in [0.29, 0.717) is 12.4 Å². The first-order valence-electron chi connectivity index (χ1n) is 6.31. The number of hydrogen-bond donors (Lipinski definition) is 0. The van der Waals surface area contributed by atoms with Gasteiger partial charge in [0, 0.05) is 7.05 Å². The Morgan fingerprint density at radius 3 is 2.71 bits per heavy atom. The molecule has 0 fully saturated rings. The topological polar surface area (TPSA) is 59.5 Å². The number of anilines is 1. The maximum Gasteiger partial charge on any atom is 0.299 e. The van der Waals surface area contributed by atoms with Crippen LogP contribution in [0.4, 0.5) is 14.6 Å². The van der Waals surface area contributed by atoms with Crippen LogP contribution in [0.15, 0.2) is 28.7 Å². The van der Waals surface area contributed by atoms with Gasteiger partial charge < -0.3 is 9.32 Å². The van der Waals surface area contributed by atoms with Crippen LogP contribution in [-0.2, 0) is 6.54 Å². The van der Waals surface area contributed by atoms with Crippen molar-refractivity contribution < 1.29 is 13.2 Å². The molecule has 0 amide bonds. The van der Waals surface area contributed by atoms with Crippen LogP contribution in [0.2, 0.25) is 0 Å². The summed E-state index contributed by atoms with van der Waals surface area (Å²) >= 11 is 0. The highest BCUT2D eigenvalue weighted by atomic mass is 19.3. The molecular weight excluding hydrogens is 280 g/mol. The van der Waals surface area contributed by atoms with Gasteiger partial charge in [-0.1, -0.05) is 0 Å². The molecule has 3 heterocycles. The molecule has 8 heteroatoms. The number of alkyl halides is 2. The number of furan rings is 1. The summed E-state index contributed by atoms with van der Waals surface area (Å²) in [6.07, 6.45) is -2.72. The molecule has 0 N–H and O–H groups in total. The van der Waals surface area contributed by atoms with Gasteiger partial charge in [0.15, 0.2) is 5.65 Å². The molecule has 0 atom stereocenters. The van der Waals surface area contributed by atoms with E-state index in [9.17, 15) is 8.78 Å². The van der Waals surface area contributed by atoms with Crippen LogP contribution >= 0.6 is 0 Å². The first-order valence-corrected chi connectivity index (χ1v) is 6.31. The molecule has 0 radical (unpaired) electrons. The van der Waals surface area contributed by atoms with Crippen LogP contribution in [0, 0.1) is 6.92 Å². The Morgan fingerprint density at radius 2 is 2.05 bits per heavy atom. The van der Waals surface area contributed by atoms with E-state index >= 15 is 0 Å². The molecule has 0 aromatic carbocycles. The van der Waals surface area contributed by atoms with E-state index in [-0.39, 0.29) is 5.65 Å². The smallest absolute Gasteiger partial charge is 0.299 e. The maximum atomic E-state index is 12.8. The molecule has 3 aromatic heterocycles. The van der Waals surface area contributed by atoms with Crippen LogP contribution in [-0.4, -0.2) is 26.9 Å². The van der Waals surface area contributed by atoms with Gasteiger partial charge in [0.2, 0.25) is 5.82 Å². The molecule has 0 aliphatic carbocycles. The van der Waals surface area contributed by atoms with Crippen LogP contribution in [0.3, 0.4) is 0 Å². The summed E-state index contributed by atoms with van der Waals surface area (Å²) in [5, 5.41) is 11.3. The molecule has 0 saturated heterocycles. The van der Waals surface area contributed by atoms with Crippen molar-refractivity contribution in [3.05, 3.63) is 41.6 Å². The van der Waals surface area contributed by atoms with Crippen LogP contribution in [0.25, 0.3) is 5.65 Å². The largest absolute Gasteiger partial charge is 0.464 e. The predicted molar refractivity (Wildman–Crippen MR) is 71.3 cm³/mol. The van der Waals surface area contributed by atoms with Crippen molar-refractivity contribution in [3.8, 4) is 0 Å². The summed E-state index contributed by atoms with van der Waals surface area (Å²) in [5.41, 5.74) is 0.288. The lowest BCUT2D eigenvalue weighted by Crippen LogP contribution is -2.18. The van der Waals surface area contributed by atoms with Crippen molar-refractivity contribution in [2.45, 2.75) is 19.9 Å². The number of nitrogens with zero attached hydrogens (tertiary/aromatic N) is 5. The van der Waals surface area contributed by atoms with Gasteiger partial charge in [0.1, 0.15) is 17.3 Å². The van der Waals surface area contributed by atoms with Gasteiger partial charge in [0.25, 0.3) is 6.43 Å². The van der Waals surface area contributed by atoms with Gasteiger partial charge in [-0.25, -0.2) is 8.78 Å². The summed E-state index contributed by atoms with van der Waals surface area (Å²) < 4.78 is 32.2. The summed E-state index contributed by atoms with van der Waals surface area (Å²) in [5.74, 6) is 1.66. The number of halogens is 2. The second-order valence-electron chi connectivity index (χ2n) is 4.69. The third-order valence-corrected chi connectivity index (χ3v) is 3.05. The first-order chi connectivity index (χ1) is 10.0. The van der Waals surface area contributed by atoms with Gasteiger partial charge in [-0.2, -0.15) is 4.52 Å². The van der Waals surface area contributed by atoms with Gasteiger partial charge in [0.05, 0.1) is 6.54 Å². The Morgan fingerprint density at radius 1 is 1.24 bits per heavy atom. The van der Waals surface area contributed by atoms with Crippen molar-refractivity contribution in [3.63, 3.8) is 0 Å². The fourth-order valence-electron chi connectivity index (χ4n) is 2.02. The zero-order valence-electron chi connectivity index (χ0n) is 11.5. The average molecular weight is 293 g/mol. The van der Waals surface area contributed by atoms with Crippen molar-refractivity contribution in [1.82, 2.24) is 19.8 Å². The highest BCUT2D eigenvalue weighted by Gasteiger charge is 2.17. The Balaban J connectivity index is 1.90. The molecule has 3 aromatic rings. The van der Waals surface area contributed by atoms with E-state index in [4.69, 9.17) is 4.42 Å². The summed E-state index contributed by atoms with van der Waals surface area (Å²) in [6.45, 7) is 2.35. The lowest BCUT2D eigenvalue weighted by Gasteiger charge is -2.16. The third-order valence-electron chi connectivity index (χ3n) is 3.05. The monoisotopic (exact) mass is 293 g/mol. The van der Waals surface area contributed by atoms with E-state index in [0.717, 1.165) is 16.0 Å². The molecule has 0 aliphatic heterocycles. The average Bonchev–Trinajstić information content (AvgIpc) is 3.04. The molecule has 21 heavy (non-hydrogen) atoms. The van der Waals surface area contributed by atoms with Gasteiger partial charge in [-0.15, -0.1) is 15.3 Å². The van der Waals surface area contributed by atoms with Crippen molar-refractivity contribution in [2.24, 2.45) is 0 Å². The van der Waals surface area contributed by atoms with Crippen molar-refractivity contribution >= 4 is 11.5 Å². The Bertz CT molecular complexity index is 767. The van der Waals surface area contributed by atoms with E-state index in [1.54, 1.807) is 24.1 Å². The minimum absolute atomic E-state index is 0.288. The van der Waals surface area contributed by atoms with E-state index in [1.165, 1.54) is 0 Å². The maximum absolute atomic E-state index is 12.8. The Kier molecular flexibility index (Phi) is 3.28. The SMILES string of the molecule is Cc1ccc(CN(C)c2ccc3nnc(C(F)F)n3n2)o1. The van der Waals surface area contributed by atoms with Gasteiger partial charge in [-0.05, 0) is 31.2 Å². The second kappa shape index (κ2) is 5.12. The molecular formula is C13H13F2N5O. The fraction of sp³-hybridized carbons (Fsp3) is 0.308. The zero-order valence-corrected chi connectivity index (χ0v) is 11.5. The normalized spacial score (nSPS) is 11.5. The summed E-state index contributed by atoms with van der Waals surface area (Å²) in [4.78, 5) is 1.80. The molecule has 0 bridgehead atoms. The molecule has 0 unspecified atom stereocenters. The zero-order chi connectivity index (χ0) is 15.0. The third kappa shape index (κ3) is 2.56. The lowest BCUT2D eigenvalue weighted by molar-refractivity contribution is 0.137. The standard InChI is InChI=1S/C13H13F2N5O/c1-8-3-4-9(21-8)7-19(2)11-6-5-10-16-17-13(12(14)15)20(10)18-11/h3-6,12H,7H2,1-2H3.